The normalized spacial score (nSPS) is 19.2. The van der Waals surface area contributed by atoms with Crippen molar-refractivity contribution in [2.75, 3.05) is 25.0 Å². The van der Waals surface area contributed by atoms with Gasteiger partial charge in [-0.25, -0.2) is 13.4 Å². The molecule has 3 heterocycles. The fourth-order valence-corrected chi connectivity index (χ4v) is 6.50. The summed E-state index contributed by atoms with van der Waals surface area (Å²) in [4.78, 5) is 16.3. The highest BCUT2D eigenvalue weighted by molar-refractivity contribution is 7.89. The molecule has 172 valence electrons. The van der Waals surface area contributed by atoms with Gasteiger partial charge in [0.2, 0.25) is 0 Å². The number of aromatic nitrogens is 2. The molecule has 1 fully saturated rings. The molecule has 1 aromatic heterocycles. The standard InChI is InChI=1S/C24H27N5O3S/c1-28-14-22(27-15-28)33(31,32)29-9-7-17(8-10-29)21-13-26-23-19(21)11-18(12-20(23)24(25)30)16-5-3-2-4-6-16/h2-6,11-12,14-15,17,21,26H,7-10,13H2,1H3,(H2,25,30). The van der Waals surface area contributed by atoms with E-state index in [9.17, 15) is 13.2 Å². The minimum Gasteiger partial charge on any atom is -0.384 e. The van der Waals surface area contributed by atoms with Crippen molar-refractivity contribution in [2.24, 2.45) is 18.7 Å². The van der Waals surface area contributed by atoms with Crippen molar-refractivity contribution in [3.05, 3.63) is 66.1 Å². The van der Waals surface area contributed by atoms with Crippen LogP contribution < -0.4 is 11.1 Å². The molecule has 1 amide bonds. The lowest BCUT2D eigenvalue weighted by atomic mass is 9.80. The Balaban J connectivity index is 1.40. The Morgan fingerprint density at radius 3 is 2.48 bits per heavy atom. The molecule has 2 aromatic carbocycles. The van der Waals surface area contributed by atoms with Crippen LogP contribution in [0.3, 0.4) is 0 Å². The highest BCUT2D eigenvalue weighted by atomic mass is 32.2. The van der Waals surface area contributed by atoms with E-state index in [0.717, 1.165) is 35.2 Å². The summed E-state index contributed by atoms with van der Waals surface area (Å²) < 4.78 is 29.0. The number of benzene rings is 2. The molecule has 9 heteroatoms. The van der Waals surface area contributed by atoms with Crippen LogP contribution in [0.2, 0.25) is 0 Å². The van der Waals surface area contributed by atoms with Gasteiger partial charge in [0.05, 0.1) is 17.6 Å². The van der Waals surface area contributed by atoms with Crippen molar-refractivity contribution < 1.29 is 13.2 Å². The molecule has 2 aliphatic heterocycles. The number of aryl methyl sites for hydroxylation is 1. The Morgan fingerprint density at radius 2 is 1.85 bits per heavy atom. The molecule has 0 spiro atoms. The number of piperidine rings is 1. The van der Waals surface area contributed by atoms with E-state index in [-0.39, 0.29) is 10.9 Å². The van der Waals surface area contributed by atoms with Crippen LogP contribution >= 0.6 is 0 Å². The first kappa shape index (κ1) is 21.7. The summed E-state index contributed by atoms with van der Waals surface area (Å²) in [6, 6.07) is 13.9. The van der Waals surface area contributed by atoms with Gasteiger partial charge in [-0.3, -0.25) is 4.79 Å². The molecule has 2 aliphatic rings. The number of sulfonamides is 1. The second-order valence-electron chi connectivity index (χ2n) is 8.82. The molecular weight excluding hydrogens is 438 g/mol. The van der Waals surface area contributed by atoms with Gasteiger partial charge in [-0.2, -0.15) is 4.31 Å². The summed E-state index contributed by atoms with van der Waals surface area (Å²) in [6.07, 6.45) is 4.54. The van der Waals surface area contributed by atoms with Gasteiger partial charge in [0, 0.05) is 38.8 Å². The van der Waals surface area contributed by atoms with E-state index in [1.807, 2.05) is 36.4 Å². The van der Waals surface area contributed by atoms with Crippen molar-refractivity contribution in [3.8, 4) is 11.1 Å². The molecule has 3 N–H and O–H groups in total. The molecule has 0 bridgehead atoms. The highest BCUT2D eigenvalue weighted by Crippen LogP contribution is 2.44. The van der Waals surface area contributed by atoms with Crippen LogP contribution in [0.4, 0.5) is 5.69 Å². The van der Waals surface area contributed by atoms with Gasteiger partial charge in [0.15, 0.2) is 5.03 Å². The number of carbonyl (C=O) groups is 1. The van der Waals surface area contributed by atoms with Gasteiger partial charge in [-0.1, -0.05) is 30.3 Å². The average Bonchev–Trinajstić information content (AvgIpc) is 3.46. The molecule has 0 radical (unpaired) electrons. The van der Waals surface area contributed by atoms with E-state index in [4.69, 9.17) is 5.73 Å². The second kappa shape index (κ2) is 8.31. The molecular formula is C24H27N5O3S. The number of nitrogens with two attached hydrogens (primary N) is 1. The quantitative estimate of drug-likeness (QED) is 0.602. The Bertz CT molecular complexity index is 1290. The van der Waals surface area contributed by atoms with E-state index in [0.29, 0.717) is 31.1 Å². The zero-order chi connectivity index (χ0) is 23.2. The van der Waals surface area contributed by atoms with Crippen LogP contribution in [-0.2, 0) is 17.1 Å². The van der Waals surface area contributed by atoms with Crippen LogP contribution in [-0.4, -0.2) is 47.8 Å². The van der Waals surface area contributed by atoms with Crippen LogP contribution in [0.1, 0.15) is 34.7 Å². The van der Waals surface area contributed by atoms with Gasteiger partial charge in [-0.15, -0.1) is 0 Å². The topological polar surface area (TPSA) is 110 Å². The van der Waals surface area contributed by atoms with Gasteiger partial charge in [0.25, 0.3) is 15.9 Å². The molecule has 3 aromatic rings. The summed E-state index contributed by atoms with van der Waals surface area (Å²) in [6.45, 7) is 1.62. The SMILES string of the molecule is Cn1cnc(S(=O)(=O)N2CCC(C3CNc4c(C(N)=O)cc(-c5ccccc5)cc43)CC2)c1. The number of anilines is 1. The Hall–Kier alpha value is -3.17. The maximum atomic E-state index is 12.9. The summed E-state index contributed by atoms with van der Waals surface area (Å²) in [5, 5.41) is 3.49. The van der Waals surface area contributed by atoms with Crippen LogP contribution in [0, 0.1) is 5.92 Å². The number of primary amides is 1. The number of nitrogens with one attached hydrogen (secondary N) is 1. The molecule has 0 saturated carbocycles. The number of fused-ring (bicyclic) bond motifs is 1. The number of imidazole rings is 1. The lowest BCUT2D eigenvalue weighted by Gasteiger charge is -2.33. The maximum Gasteiger partial charge on any atom is 0.262 e. The zero-order valence-corrected chi connectivity index (χ0v) is 19.3. The minimum absolute atomic E-state index is 0.0925. The number of carbonyl (C=O) groups excluding carboxylic acids is 1. The van der Waals surface area contributed by atoms with E-state index < -0.39 is 15.9 Å². The van der Waals surface area contributed by atoms with Crippen LogP contribution in [0.25, 0.3) is 11.1 Å². The smallest absolute Gasteiger partial charge is 0.262 e. The largest absolute Gasteiger partial charge is 0.384 e. The number of hydrogen-bond donors (Lipinski definition) is 2. The number of hydrogen-bond acceptors (Lipinski definition) is 5. The molecule has 0 aliphatic carbocycles. The predicted molar refractivity (Wildman–Crippen MR) is 126 cm³/mol. The molecule has 1 atom stereocenters. The minimum atomic E-state index is -3.58. The van der Waals surface area contributed by atoms with E-state index >= 15 is 0 Å². The average molecular weight is 466 g/mol. The monoisotopic (exact) mass is 465 g/mol. The first-order valence-corrected chi connectivity index (χ1v) is 12.5. The fourth-order valence-electron chi connectivity index (χ4n) is 5.06. The van der Waals surface area contributed by atoms with Gasteiger partial charge in [-0.05, 0) is 47.6 Å². The van der Waals surface area contributed by atoms with Gasteiger partial charge >= 0.3 is 0 Å². The first-order chi connectivity index (χ1) is 15.8. The lowest BCUT2D eigenvalue weighted by molar-refractivity contribution is 0.100. The summed E-state index contributed by atoms with van der Waals surface area (Å²) in [7, 11) is -1.83. The van der Waals surface area contributed by atoms with Crippen molar-refractivity contribution >= 4 is 21.6 Å². The lowest BCUT2D eigenvalue weighted by Crippen LogP contribution is -2.40. The summed E-state index contributed by atoms with van der Waals surface area (Å²) in [5.74, 6) is 0.0515. The molecule has 1 unspecified atom stereocenters. The number of rotatable bonds is 5. The number of amides is 1. The van der Waals surface area contributed by atoms with Crippen molar-refractivity contribution in [3.63, 3.8) is 0 Å². The van der Waals surface area contributed by atoms with E-state index in [1.165, 1.54) is 16.8 Å². The van der Waals surface area contributed by atoms with Crippen LogP contribution in [0.5, 0.6) is 0 Å². The van der Waals surface area contributed by atoms with Crippen molar-refractivity contribution in [2.45, 2.75) is 23.8 Å². The third-order valence-electron chi connectivity index (χ3n) is 6.79. The van der Waals surface area contributed by atoms with Crippen molar-refractivity contribution in [1.29, 1.82) is 0 Å². The van der Waals surface area contributed by atoms with E-state index in [1.54, 1.807) is 11.6 Å². The molecule has 5 rings (SSSR count). The Kier molecular flexibility index (Phi) is 5.46. The van der Waals surface area contributed by atoms with Crippen molar-refractivity contribution in [1.82, 2.24) is 13.9 Å². The molecule has 1 saturated heterocycles. The van der Waals surface area contributed by atoms with Crippen LogP contribution in [0.15, 0.2) is 60.0 Å². The van der Waals surface area contributed by atoms with Gasteiger partial charge in [0.1, 0.15) is 0 Å². The number of nitrogens with zero attached hydrogens (tertiary/aromatic N) is 3. The van der Waals surface area contributed by atoms with Gasteiger partial charge < -0.3 is 15.6 Å². The first-order valence-electron chi connectivity index (χ1n) is 11.1. The Morgan fingerprint density at radius 1 is 1.12 bits per heavy atom. The third kappa shape index (κ3) is 3.91. The molecule has 8 nitrogen and oxygen atoms in total. The summed E-state index contributed by atoms with van der Waals surface area (Å²) in [5.41, 5.74) is 10.1. The highest BCUT2D eigenvalue weighted by Gasteiger charge is 2.37. The zero-order valence-electron chi connectivity index (χ0n) is 18.4. The summed E-state index contributed by atoms with van der Waals surface area (Å²) >= 11 is 0. The fraction of sp³-hybridized carbons (Fsp3) is 0.333. The maximum absolute atomic E-state index is 12.9. The predicted octanol–water partition coefficient (Wildman–Crippen LogP) is 2.80. The Labute approximate surface area is 193 Å². The second-order valence-corrected chi connectivity index (χ2v) is 10.7. The van der Waals surface area contributed by atoms with E-state index in [2.05, 4.69) is 16.4 Å². The molecule has 33 heavy (non-hydrogen) atoms. The third-order valence-corrected chi connectivity index (χ3v) is 8.58.